The van der Waals surface area contributed by atoms with Gasteiger partial charge in [0.05, 0.1) is 24.8 Å². The maximum absolute atomic E-state index is 16.0. The van der Waals surface area contributed by atoms with Crippen molar-refractivity contribution in [3.63, 3.8) is 0 Å². The zero-order valence-corrected chi connectivity index (χ0v) is 30.7. The lowest BCUT2D eigenvalue weighted by Crippen LogP contribution is -2.49. The van der Waals surface area contributed by atoms with Gasteiger partial charge in [-0.3, -0.25) is 19.1 Å². The van der Waals surface area contributed by atoms with Crippen LogP contribution >= 0.6 is 0 Å². The normalized spacial score (nSPS) is 19.4. The average molecular weight is 769 g/mol. The second-order valence-electron chi connectivity index (χ2n) is 14.6. The van der Waals surface area contributed by atoms with Crippen LogP contribution in [0.25, 0.3) is 11.1 Å². The van der Waals surface area contributed by atoms with Crippen LogP contribution in [-0.2, 0) is 28.7 Å². The summed E-state index contributed by atoms with van der Waals surface area (Å²) in [5.74, 6) is -2.01. The number of morpholine rings is 1. The van der Waals surface area contributed by atoms with E-state index in [-0.39, 0.29) is 66.6 Å². The van der Waals surface area contributed by atoms with E-state index in [1.807, 2.05) is 19.1 Å². The van der Waals surface area contributed by atoms with E-state index < -0.39 is 47.1 Å². The third-order valence-electron chi connectivity index (χ3n) is 10.6. The highest BCUT2D eigenvalue weighted by molar-refractivity contribution is 5.84. The number of hydrogen-bond donors (Lipinski definition) is 1. The summed E-state index contributed by atoms with van der Waals surface area (Å²) in [6.45, 7) is 7.15. The molecule has 2 saturated heterocycles. The summed E-state index contributed by atoms with van der Waals surface area (Å²) < 4.78 is 101. The number of aromatic nitrogens is 1. The van der Waals surface area contributed by atoms with Crippen molar-refractivity contribution in [1.82, 2.24) is 14.8 Å². The Morgan fingerprint density at radius 3 is 2.49 bits per heavy atom. The summed E-state index contributed by atoms with van der Waals surface area (Å²) in [5, 5.41) is 2.62. The fraction of sp³-hybridized carbons (Fsp3) is 0.415. The SMILES string of the molecule is CCCC1COCCN1c1cc(C)c2c(c1)Oc1ccc(F)c(c1)C(n1cc(CCN3CC(F)C3)c(C(F)(F)F)cc1=O)C(=O)NCc1cc-2cc(C)c1F. The van der Waals surface area contributed by atoms with Gasteiger partial charge < -0.3 is 19.7 Å². The van der Waals surface area contributed by atoms with Gasteiger partial charge in [-0.1, -0.05) is 13.3 Å². The van der Waals surface area contributed by atoms with Crippen LogP contribution in [0.1, 0.15) is 59.2 Å². The summed E-state index contributed by atoms with van der Waals surface area (Å²) in [7, 11) is 0. The molecule has 4 bridgehead atoms. The Morgan fingerprint density at radius 1 is 0.982 bits per heavy atom. The maximum Gasteiger partial charge on any atom is 0.416 e. The average Bonchev–Trinajstić information content (AvgIpc) is 3.12. The smallest absolute Gasteiger partial charge is 0.416 e. The zero-order chi connectivity index (χ0) is 39.2. The third-order valence-corrected chi connectivity index (χ3v) is 10.6. The molecule has 4 aromatic rings. The summed E-state index contributed by atoms with van der Waals surface area (Å²) >= 11 is 0. The van der Waals surface area contributed by atoms with Crippen LogP contribution in [-0.4, -0.2) is 67.0 Å². The Kier molecular flexibility index (Phi) is 10.7. The Balaban J connectivity index is 1.39. The number of amides is 1. The van der Waals surface area contributed by atoms with Crippen molar-refractivity contribution in [2.24, 2.45) is 0 Å². The molecular weight excluding hydrogens is 726 g/mol. The number of fused-ring (bicyclic) bond motifs is 6. The van der Waals surface area contributed by atoms with Gasteiger partial charge in [0.25, 0.3) is 5.56 Å². The molecule has 7 rings (SSSR count). The predicted molar refractivity (Wildman–Crippen MR) is 195 cm³/mol. The van der Waals surface area contributed by atoms with E-state index in [4.69, 9.17) is 9.47 Å². The monoisotopic (exact) mass is 768 g/mol. The highest BCUT2D eigenvalue weighted by Crippen LogP contribution is 2.42. The highest BCUT2D eigenvalue weighted by Gasteiger charge is 2.37. The van der Waals surface area contributed by atoms with Crippen LogP contribution in [0.4, 0.5) is 32.0 Å². The molecule has 14 heteroatoms. The van der Waals surface area contributed by atoms with Gasteiger partial charge in [-0.25, -0.2) is 13.2 Å². The second kappa shape index (κ2) is 15.4. The predicted octanol–water partition coefficient (Wildman–Crippen LogP) is 7.64. The number of carbonyl (C=O) groups excluding carboxylic acids is 1. The van der Waals surface area contributed by atoms with E-state index in [0.717, 1.165) is 40.9 Å². The van der Waals surface area contributed by atoms with Gasteiger partial charge >= 0.3 is 6.18 Å². The Morgan fingerprint density at radius 2 is 1.76 bits per heavy atom. The maximum atomic E-state index is 16.0. The second-order valence-corrected chi connectivity index (χ2v) is 14.6. The quantitative estimate of drug-likeness (QED) is 0.195. The van der Waals surface area contributed by atoms with Crippen molar-refractivity contribution in [2.75, 3.05) is 44.3 Å². The molecule has 2 atom stereocenters. The number of pyridine rings is 1. The molecule has 2 fully saturated rings. The first-order valence-electron chi connectivity index (χ1n) is 18.4. The van der Waals surface area contributed by atoms with Crippen molar-refractivity contribution in [2.45, 2.75) is 71.0 Å². The fourth-order valence-electron chi connectivity index (χ4n) is 7.88. The van der Waals surface area contributed by atoms with Crippen molar-refractivity contribution in [3.8, 4) is 22.6 Å². The van der Waals surface area contributed by atoms with Crippen molar-refractivity contribution in [1.29, 1.82) is 0 Å². The molecule has 4 heterocycles. The lowest BCUT2D eigenvalue weighted by atomic mass is 9.94. The first-order valence-corrected chi connectivity index (χ1v) is 18.4. The number of aryl methyl sites for hydroxylation is 2. The van der Waals surface area contributed by atoms with Crippen LogP contribution in [0.3, 0.4) is 0 Å². The Labute approximate surface area is 314 Å². The number of anilines is 1. The molecule has 1 N–H and O–H groups in total. The Bertz CT molecular complexity index is 2160. The van der Waals surface area contributed by atoms with Gasteiger partial charge in [0.1, 0.15) is 35.3 Å². The molecular formula is C41H42F6N4O4. The molecule has 8 nitrogen and oxygen atoms in total. The van der Waals surface area contributed by atoms with Gasteiger partial charge in [-0.05, 0) is 85.3 Å². The van der Waals surface area contributed by atoms with E-state index in [0.29, 0.717) is 42.7 Å². The largest absolute Gasteiger partial charge is 0.457 e. The summed E-state index contributed by atoms with van der Waals surface area (Å²) in [6.07, 6.45) is -3.47. The zero-order valence-electron chi connectivity index (χ0n) is 30.7. The van der Waals surface area contributed by atoms with Gasteiger partial charge in [-0.2, -0.15) is 13.2 Å². The Hall–Kier alpha value is -4.82. The van der Waals surface area contributed by atoms with E-state index in [9.17, 15) is 27.2 Å². The standard InChI is InChI=1S/C41H42F6N4O4/c1-4-5-29-22-54-11-10-50(29)30-13-23(2)37-26-12-24(3)38(44)27(14-26)18-48-40(53)39(32-16-31(6-7-34(32)43)55-35(37)15-30)51-19-25(8-9-49-20-28(42)21-49)33(17-36(51)52)41(45,46)47/h6-7,12-17,19,28-29,39H,4-5,8-11,18,20-22H2,1-3H3,(H,48,53). The number of ether oxygens (including phenoxy) is 2. The molecule has 292 valence electrons. The summed E-state index contributed by atoms with van der Waals surface area (Å²) in [5.41, 5.74) is 0.233. The van der Waals surface area contributed by atoms with Crippen molar-refractivity contribution in [3.05, 3.63) is 110 Å². The van der Waals surface area contributed by atoms with E-state index >= 15 is 8.78 Å². The molecule has 1 aromatic heterocycles. The summed E-state index contributed by atoms with van der Waals surface area (Å²) in [4.78, 5) is 31.6. The number of likely N-dealkylation sites (tertiary alicyclic amines) is 1. The summed E-state index contributed by atoms with van der Waals surface area (Å²) in [6, 6.07) is 9.54. The first-order chi connectivity index (χ1) is 26.2. The van der Waals surface area contributed by atoms with E-state index in [1.165, 1.54) is 12.1 Å². The number of rotatable bonds is 7. The van der Waals surface area contributed by atoms with Crippen molar-refractivity contribution >= 4 is 11.6 Å². The lowest BCUT2D eigenvalue weighted by Gasteiger charge is -2.38. The number of carbonyl (C=O) groups is 1. The van der Waals surface area contributed by atoms with Crippen LogP contribution in [0.2, 0.25) is 0 Å². The number of alkyl halides is 4. The molecule has 2 unspecified atom stereocenters. The molecule has 1 amide bonds. The minimum atomic E-state index is -4.92. The number of halogens is 6. The topological polar surface area (TPSA) is 76.0 Å². The lowest BCUT2D eigenvalue weighted by molar-refractivity contribution is -0.138. The first kappa shape index (κ1) is 38.5. The number of nitrogens with one attached hydrogen (secondary N) is 1. The number of benzene rings is 3. The molecule has 3 aromatic carbocycles. The molecule has 0 saturated carbocycles. The van der Waals surface area contributed by atoms with Crippen LogP contribution in [0, 0.1) is 25.5 Å². The number of hydrogen-bond acceptors (Lipinski definition) is 6. The van der Waals surface area contributed by atoms with Gasteiger partial charge in [0, 0.05) is 73.4 Å². The molecule has 0 radical (unpaired) electrons. The molecule has 0 spiro atoms. The molecule has 55 heavy (non-hydrogen) atoms. The van der Waals surface area contributed by atoms with E-state index in [1.54, 1.807) is 24.0 Å². The van der Waals surface area contributed by atoms with Crippen LogP contribution in [0.5, 0.6) is 11.5 Å². The molecule has 3 aliphatic rings. The third kappa shape index (κ3) is 7.84. The number of nitrogens with zero attached hydrogens (tertiary/aromatic N) is 3. The fourth-order valence-corrected chi connectivity index (χ4v) is 7.88. The van der Waals surface area contributed by atoms with E-state index in [2.05, 4.69) is 17.1 Å². The molecule has 0 aliphatic carbocycles. The van der Waals surface area contributed by atoms with Crippen LogP contribution < -0.4 is 20.5 Å². The highest BCUT2D eigenvalue weighted by atomic mass is 19.4. The van der Waals surface area contributed by atoms with Gasteiger partial charge in [0.15, 0.2) is 0 Å². The van der Waals surface area contributed by atoms with Gasteiger partial charge in [-0.15, -0.1) is 0 Å². The minimum absolute atomic E-state index is 0.0652. The molecule has 3 aliphatic heterocycles. The van der Waals surface area contributed by atoms with Gasteiger partial charge in [0.2, 0.25) is 5.91 Å². The van der Waals surface area contributed by atoms with Crippen molar-refractivity contribution < 1.29 is 40.6 Å². The minimum Gasteiger partial charge on any atom is -0.457 e. The van der Waals surface area contributed by atoms with Crippen LogP contribution in [0.15, 0.2) is 59.5 Å².